The Bertz CT molecular complexity index is 476. The zero-order valence-electron chi connectivity index (χ0n) is 10.6. The second kappa shape index (κ2) is 5.86. The van der Waals surface area contributed by atoms with Crippen LogP contribution in [0.2, 0.25) is 5.02 Å². The van der Waals surface area contributed by atoms with Gasteiger partial charge in [-0.15, -0.1) is 0 Å². The summed E-state index contributed by atoms with van der Waals surface area (Å²) in [5.41, 5.74) is -0.776. The molecular formula is C13H16ClFN2O2. The van der Waals surface area contributed by atoms with E-state index in [4.69, 9.17) is 16.3 Å². The number of hydrogen-bond acceptors (Lipinski definition) is 3. The maximum atomic E-state index is 13.7. The molecule has 0 unspecified atom stereocenters. The highest BCUT2D eigenvalue weighted by molar-refractivity contribution is 6.30. The molecule has 4 nitrogen and oxygen atoms in total. The van der Waals surface area contributed by atoms with Crippen molar-refractivity contribution in [2.45, 2.75) is 18.4 Å². The number of halogens is 2. The molecule has 1 saturated heterocycles. The molecule has 1 aliphatic rings. The van der Waals surface area contributed by atoms with Crippen LogP contribution in [0.25, 0.3) is 0 Å². The standard InChI is InChI=1S/C13H16ClFN2O2/c1-19-13(4-6-16-7-5-13)12(18)17-11-3-2-9(14)8-10(11)15/h2-3,8,16H,4-7H2,1H3,(H,17,18). The van der Waals surface area contributed by atoms with Crippen LogP contribution in [0.4, 0.5) is 10.1 Å². The highest BCUT2D eigenvalue weighted by atomic mass is 35.5. The van der Waals surface area contributed by atoms with Gasteiger partial charge < -0.3 is 15.4 Å². The average molecular weight is 287 g/mol. The monoisotopic (exact) mass is 286 g/mol. The first kappa shape index (κ1) is 14.2. The topological polar surface area (TPSA) is 50.4 Å². The summed E-state index contributed by atoms with van der Waals surface area (Å²) in [6.07, 6.45) is 1.12. The summed E-state index contributed by atoms with van der Waals surface area (Å²) in [6.45, 7) is 1.40. The van der Waals surface area contributed by atoms with Crippen LogP contribution in [-0.2, 0) is 9.53 Å². The van der Waals surface area contributed by atoms with E-state index >= 15 is 0 Å². The van der Waals surface area contributed by atoms with Gasteiger partial charge in [0.25, 0.3) is 5.91 Å². The minimum Gasteiger partial charge on any atom is -0.368 e. The van der Waals surface area contributed by atoms with Gasteiger partial charge in [-0.3, -0.25) is 4.79 Å². The molecule has 0 aromatic heterocycles. The van der Waals surface area contributed by atoms with Crippen LogP contribution < -0.4 is 10.6 Å². The number of anilines is 1. The Balaban J connectivity index is 2.15. The van der Waals surface area contributed by atoms with Crippen molar-refractivity contribution in [2.75, 3.05) is 25.5 Å². The van der Waals surface area contributed by atoms with E-state index in [0.29, 0.717) is 31.0 Å². The minimum absolute atomic E-state index is 0.115. The molecular weight excluding hydrogens is 271 g/mol. The fourth-order valence-electron chi connectivity index (χ4n) is 2.18. The molecule has 0 aliphatic carbocycles. The number of methoxy groups -OCH3 is 1. The van der Waals surface area contributed by atoms with Gasteiger partial charge in [0.2, 0.25) is 0 Å². The van der Waals surface area contributed by atoms with Crippen molar-refractivity contribution < 1.29 is 13.9 Å². The van der Waals surface area contributed by atoms with E-state index in [2.05, 4.69) is 10.6 Å². The molecule has 0 saturated carbocycles. The van der Waals surface area contributed by atoms with E-state index in [1.807, 2.05) is 0 Å². The van der Waals surface area contributed by atoms with Crippen LogP contribution >= 0.6 is 11.6 Å². The number of carbonyl (C=O) groups excluding carboxylic acids is 1. The van der Waals surface area contributed by atoms with Crippen LogP contribution in [0.3, 0.4) is 0 Å². The Hall–Kier alpha value is -1.17. The van der Waals surface area contributed by atoms with Crippen molar-refractivity contribution in [1.29, 1.82) is 0 Å². The normalized spacial score (nSPS) is 18.1. The first-order valence-corrected chi connectivity index (χ1v) is 6.47. The predicted octanol–water partition coefficient (Wildman–Crippen LogP) is 2.19. The first-order chi connectivity index (χ1) is 9.07. The Morgan fingerprint density at radius 3 is 2.74 bits per heavy atom. The van der Waals surface area contributed by atoms with E-state index in [-0.39, 0.29) is 11.6 Å². The Morgan fingerprint density at radius 2 is 2.16 bits per heavy atom. The first-order valence-electron chi connectivity index (χ1n) is 6.10. The Morgan fingerprint density at radius 1 is 1.47 bits per heavy atom. The van der Waals surface area contributed by atoms with Crippen LogP contribution in [-0.4, -0.2) is 31.7 Å². The maximum Gasteiger partial charge on any atom is 0.256 e. The number of piperidine rings is 1. The molecule has 6 heteroatoms. The lowest BCUT2D eigenvalue weighted by molar-refractivity contribution is -0.140. The molecule has 1 aromatic rings. The average Bonchev–Trinajstić information content (AvgIpc) is 2.42. The molecule has 1 aliphatic heterocycles. The number of amides is 1. The molecule has 0 spiro atoms. The summed E-state index contributed by atoms with van der Waals surface area (Å²) in [4.78, 5) is 12.3. The second-order valence-electron chi connectivity index (χ2n) is 4.53. The number of rotatable bonds is 3. The smallest absolute Gasteiger partial charge is 0.256 e. The highest BCUT2D eigenvalue weighted by Gasteiger charge is 2.39. The molecule has 1 fully saturated rings. The molecule has 104 valence electrons. The lowest BCUT2D eigenvalue weighted by Crippen LogP contribution is -2.51. The number of benzene rings is 1. The third kappa shape index (κ3) is 3.05. The van der Waals surface area contributed by atoms with Crippen molar-refractivity contribution in [3.8, 4) is 0 Å². The fourth-order valence-corrected chi connectivity index (χ4v) is 2.34. The minimum atomic E-state index is -0.892. The second-order valence-corrected chi connectivity index (χ2v) is 4.96. The lowest BCUT2D eigenvalue weighted by atomic mass is 9.91. The van der Waals surface area contributed by atoms with Crippen molar-refractivity contribution >= 4 is 23.2 Å². The number of carbonyl (C=O) groups is 1. The van der Waals surface area contributed by atoms with Gasteiger partial charge in [0, 0.05) is 12.1 Å². The zero-order chi connectivity index (χ0) is 13.9. The zero-order valence-corrected chi connectivity index (χ0v) is 11.4. The number of hydrogen-bond donors (Lipinski definition) is 2. The van der Waals surface area contributed by atoms with Crippen LogP contribution in [0.5, 0.6) is 0 Å². The molecule has 0 bridgehead atoms. The predicted molar refractivity (Wildman–Crippen MR) is 71.9 cm³/mol. The molecule has 1 amide bonds. The third-order valence-corrected chi connectivity index (χ3v) is 3.63. The van der Waals surface area contributed by atoms with Gasteiger partial charge in [0.15, 0.2) is 0 Å². The molecule has 19 heavy (non-hydrogen) atoms. The third-order valence-electron chi connectivity index (χ3n) is 3.40. The van der Waals surface area contributed by atoms with Crippen LogP contribution in [0, 0.1) is 5.82 Å². The number of ether oxygens (including phenoxy) is 1. The number of nitrogens with one attached hydrogen (secondary N) is 2. The largest absolute Gasteiger partial charge is 0.368 e. The highest BCUT2D eigenvalue weighted by Crippen LogP contribution is 2.26. The Kier molecular flexibility index (Phi) is 4.39. The van der Waals surface area contributed by atoms with Crippen molar-refractivity contribution in [2.24, 2.45) is 0 Å². The molecule has 0 atom stereocenters. The van der Waals surface area contributed by atoms with E-state index in [0.717, 1.165) is 0 Å². The van der Waals surface area contributed by atoms with Gasteiger partial charge in [-0.25, -0.2) is 4.39 Å². The fraction of sp³-hybridized carbons (Fsp3) is 0.462. The Labute approximate surface area is 116 Å². The van der Waals surface area contributed by atoms with E-state index in [1.165, 1.54) is 25.3 Å². The molecule has 2 rings (SSSR count). The van der Waals surface area contributed by atoms with Gasteiger partial charge in [-0.1, -0.05) is 11.6 Å². The van der Waals surface area contributed by atoms with Gasteiger partial charge in [-0.05, 0) is 44.1 Å². The van der Waals surface area contributed by atoms with Gasteiger partial charge >= 0.3 is 0 Å². The molecule has 0 radical (unpaired) electrons. The summed E-state index contributed by atoms with van der Waals surface area (Å²) in [6, 6.07) is 4.14. The van der Waals surface area contributed by atoms with Crippen LogP contribution in [0.1, 0.15) is 12.8 Å². The summed E-state index contributed by atoms with van der Waals surface area (Å²) in [7, 11) is 1.50. The van der Waals surface area contributed by atoms with Crippen molar-refractivity contribution in [1.82, 2.24) is 5.32 Å². The van der Waals surface area contributed by atoms with E-state index in [9.17, 15) is 9.18 Å². The molecule has 1 heterocycles. The summed E-state index contributed by atoms with van der Waals surface area (Å²) >= 11 is 5.67. The quantitative estimate of drug-likeness (QED) is 0.895. The summed E-state index contributed by atoms with van der Waals surface area (Å²) < 4.78 is 19.0. The molecule has 1 aromatic carbocycles. The van der Waals surface area contributed by atoms with Crippen LogP contribution in [0.15, 0.2) is 18.2 Å². The SMILES string of the molecule is COC1(C(=O)Nc2ccc(Cl)cc2F)CCNCC1. The van der Waals surface area contributed by atoms with Crippen molar-refractivity contribution in [3.05, 3.63) is 29.0 Å². The van der Waals surface area contributed by atoms with Gasteiger partial charge in [0.1, 0.15) is 11.4 Å². The summed E-state index contributed by atoms with van der Waals surface area (Å²) in [5.74, 6) is -0.876. The lowest BCUT2D eigenvalue weighted by Gasteiger charge is -2.34. The maximum absolute atomic E-state index is 13.7. The van der Waals surface area contributed by atoms with Crippen molar-refractivity contribution in [3.63, 3.8) is 0 Å². The van der Waals surface area contributed by atoms with E-state index in [1.54, 1.807) is 0 Å². The van der Waals surface area contributed by atoms with Gasteiger partial charge in [0.05, 0.1) is 5.69 Å². The van der Waals surface area contributed by atoms with E-state index < -0.39 is 11.4 Å². The summed E-state index contributed by atoms with van der Waals surface area (Å²) in [5, 5.41) is 6.02. The van der Waals surface area contributed by atoms with Gasteiger partial charge in [-0.2, -0.15) is 0 Å². The molecule has 2 N–H and O–H groups in total.